The van der Waals surface area contributed by atoms with E-state index in [0.29, 0.717) is 24.3 Å². The van der Waals surface area contributed by atoms with E-state index in [9.17, 15) is 14.3 Å². The Morgan fingerprint density at radius 1 is 1.03 bits per heavy atom. The van der Waals surface area contributed by atoms with Crippen LogP contribution in [0.1, 0.15) is 18.4 Å². The second-order valence-corrected chi connectivity index (χ2v) is 8.31. The van der Waals surface area contributed by atoms with Gasteiger partial charge >= 0.3 is 5.97 Å². The number of hydrogen-bond acceptors (Lipinski definition) is 4. The fraction of sp³-hybridized carbons (Fsp3) is 0.231. The molecule has 1 saturated heterocycles. The lowest BCUT2D eigenvalue weighted by molar-refractivity contribution is -0.142. The number of piperidine rings is 1. The molecule has 32 heavy (non-hydrogen) atoms. The highest BCUT2D eigenvalue weighted by molar-refractivity contribution is 5.81. The number of fused-ring (bicyclic) bond motifs is 1. The van der Waals surface area contributed by atoms with Crippen LogP contribution >= 0.6 is 0 Å². The normalized spacial score (nSPS) is 14.8. The highest BCUT2D eigenvalue weighted by Crippen LogP contribution is 2.32. The van der Waals surface area contributed by atoms with Crippen molar-refractivity contribution in [1.29, 1.82) is 0 Å². The number of benzene rings is 3. The minimum absolute atomic E-state index is 0.250. The zero-order valence-electron chi connectivity index (χ0n) is 17.7. The summed E-state index contributed by atoms with van der Waals surface area (Å²) in [6.45, 7) is 3.46. The van der Waals surface area contributed by atoms with Gasteiger partial charge in [0.1, 0.15) is 11.3 Å². The van der Waals surface area contributed by atoms with Crippen LogP contribution in [0, 0.1) is 18.7 Å². The number of hydrogen-bond donors (Lipinski definition) is 1. The van der Waals surface area contributed by atoms with Crippen molar-refractivity contribution in [3.63, 3.8) is 0 Å². The van der Waals surface area contributed by atoms with Crippen molar-refractivity contribution >= 4 is 22.8 Å². The van der Waals surface area contributed by atoms with Gasteiger partial charge in [-0.25, -0.2) is 9.37 Å². The van der Waals surface area contributed by atoms with Gasteiger partial charge in [0.25, 0.3) is 0 Å². The van der Waals surface area contributed by atoms with Gasteiger partial charge < -0.3 is 14.4 Å². The first-order valence-corrected chi connectivity index (χ1v) is 10.7. The highest BCUT2D eigenvalue weighted by Gasteiger charge is 2.25. The molecule has 0 aliphatic carbocycles. The molecule has 1 aliphatic rings. The van der Waals surface area contributed by atoms with Gasteiger partial charge in [-0.2, -0.15) is 0 Å². The molecule has 1 fully saturated rings. The first kappa shape index (κ1) is 20.2. The average molecular weight is 430 g/mol. The summed E-state index contributed by atoms with van der Waals surface area (Å²) < 4.78 is 19.2. The van der Waals surface area contributed by atoms with Crippen LogP contribution in [-0.2, 0) is 4.79 Å². The molecule has 6 heteroatoms. The molecule has 0 radical (unpaired) electrons. The summed E-state index contributed by atoms with van der Waals surface area (Å²) in [4.78, 5) is 18.1. The van der Waals surface area contributed by atoms with E-state index < -0.39 is 5.97 Å². The minimum Gasteiger partial charge on any atom is -0.481 e. The number of halogens is 1. The number of anilines is 1. The monoisotopic (exact) mass is 430 g/mol. The predicted molar refractivity (Wildman–Crippen MR) is 122 cm³/mol. The summed E-state index contributed by atoms with van der Waals surface area (Å²) in [6, 6.07) is 18.4. The summed E-state index contributed by atoms with van der Waals surface area (Å²) in [6.07, 6.45) is 1.30. The van der Waals surface area contributed by atoms with E-state index in [-0.39, 0.29) is 11.7 Å². The summed E-state index contributed by atoms with van der Waals surface area (Å²) >= 11 is 0. The van der Waals surface area contributed by atoms with Gasteiger partial charge in [-0.05, 0) is 78.9 Å². The van der Waals surface area contributed by atoms with Crippen LogP contribution in [0.5, 0.6) is 0 Å². The first-order chi connectivity index (χ1) is 15.5. The van der Waals surface area contributed by atoms with Crippen molar-refractivity contribution in [2.75, 3.05) is 18.0 Å². The number of aryl methyl sites for hydroxylation is 1. The maximum atomic E-state index is 13.2. The maximum absolute atomic E-state index is 13.2. The van der Waals surface area contributed by atoms with Crippen LogP contribution in [0.2, 0.25) is 0 Å². The van der Waals surface area contributed by atoms with Crippen LogP contribution in [-0.4, -0.2) is 29.1 Å². The quantitative estimate of drug-likeness (QED) is 0.436. The smallest absolute Gasteiger partial charge is 0.306 e. The molecule has 5 nitrogen and oxygen atoms in total. The van der Waals surface area contributed by atoms with Crippen LogP contribution < -0.4 is 4.90 Å². The summed E-state index contributed by atoms with van der Waals surface area (Å²) in [5.41, 5.74) is 6.46. The molecular formula is C26H23FN2O3. The number of rotatable bonds is 4. The lowest BCUT2D eigenvalue weighted by Crippen LogP contribution is -2.36. The van der Waals surface area contributed by atoms with Gasteiger partial charge in [0.05, 0.1) is 5.92 Å². The van der Waals surface area contributed by atoms with Gasteiger partial charge in [0.2, 0.25) is 5.89 Å². The van der Waals surface area contributed by atoms with Crippen LogP contribution in [0.4, 0.5) is 10.1 Å². The van der Waals surface area contributed by atoms with Crippen molar-refractivity contribution in [1.82, 2.24) is 4.98 Å². The molecule has 162 valence electrons. The van der Waals surface area contributed by atoms with Gasteiger partial charge in [-0.1, -0.05) is 18.2 Å². The second-order valence-electron chi connectivity index (χ2n) is 8.31. The molecule has 1 aromatic heterocycles. The van der Waals surface area contributed by atoms with E-state index in [2.05, 4.69) is 4.90 Å². The van der Waals surface area contributed by atoms with Crippen molar-refractivity contribution in [3.05, 3.63) is 72.0 Å². The Morgan fingerprint density at radius 3 is 2.44 bits per heavy atom. The fourth-order valence-corrected chi connectivity index (χ4v) is 4.37. The fourth-order valence-electron chi connectivity index (χ4n) is 4.37. The molecule has 1 aliphatic heterocycles. The predicted octanol–water partition coefficient (Wildman–Crippen LogP) is 5.91. The number of carboxylic acids is 1. The third-order valence-electron chi connectivity index (χ3n) is 6.21. The lowest BCUT2D eigenvalue weighted by Gasteiger charge is -2.31. The van der Waals surface area contributed by atoms with E-state index in [0.717, 1.165) is 46.5 Å². The number of nitrogens with zero attached hydrogens (tertiary/aromatic N) is 2. The molecule has 0 saturated carbocycles. The molecule has 1 N–H and O–H groups in total. The molecule has 0 bridgehead atoms. The maximum Gasteiger partial charge on any atom is 0.306 e. The van der Waals surface area contributed by atoms with Crippen LogP contribution in [0.3, 0.4) is 0 Å². The topological polar surface area (TPSA) is 66.6 Å². The van der Waals surface area contributed by atoms with E-state index in [4.69, 9.17) is 9.40 Å². The number of oxazole rings is 1. The Kier molecular flexibility index (Phi) is 5.13. The Morgan fingerprint density at radius 2 is 1.75 bits per heavy atom. The molecule has 2 heterocycles. The van der Waals surface area contributed by atoms with Crippen molar-refractivity contribution in [3.8, 4) is 22.6 Å². The van der Waals surface area contributed by atoms with E-state index in [1.807, 2.05) is 43.3 Å². The van der Waals surface area contributed by atoms with Gasteiger partial charge in [-0.3, -0.25) is 4.79 Å². The Hall–Kier alpha value is -3.67. The van der Waals surface area contributed by atoms with Gasteiger partial charge in [-0.15, -0.1) is 0 Å². The lowest BCUT2D eigenvalue weighted by atomic mass is 9.97. The van der Waals surface area contributed by atoms with E-state index in [1.165, 1.54) is 12.1 Å². The zero-order valence-corrected chi connectivity index (χ0v) is 17.7. The third kappa shape index (κ3) is 3.84. The van der Waals surface area contributed by atoms with Crippen LogP contribution in [0.15, 0.2) is 65.1 Å². The summed E-state index contributed by atoms with van der Waals surface area (Å²) in [5.74, 6) is -0.660. The molecule has 3 aromatic carbocycles. The summed E-state index contributed by atoms with van der Waals surface area (Å²) in [7, 11) is 0. The molecule has 4 aromatic rings. The average Bonchev–Trinajstić information content (AvgIpc) is 3.23. The number of carboxylic acid groups (broad SMARTS) is 1. The van der Waals surface area contributed by atoms with Crippen molar-refractivity contribution < 1.29 is 18.7 Å². The molecule has 0 amide bonds. The van der Waals surface area contributed by atoms with E-state index in [1.54, 1.807) is 12.1 Å². The number of carbonyl (C=O) groups is 1. The van der Waals surface area contributed by atoms with Crippen molar-refractivity contribution in [2.24, 2.45) is 5.92 Å². The molecule has 0 spiro atoms. The Labute approximate surface area is 185 Å². The minimum atomic E-state index is -0.706. The zero-order chi connectivity index (χ0) is 22.2. The largest absolute Gasteiger partial charge is 0.481 e. The molecule has 0 unspecified atom stereocenters. The van der Waals surface area contributed by atoms with E-state index >= 15 is 0 Å². The third-order valence-corrected chi connectivity index (χ3v) is 6.21. The summed E-state index contributed by atoms with van der Waals surface area (Å²) in [5, 5.41) is 9.20. The molecule has 5 rings (SSSR count). The Bertz CT molecular complexity index is 1290. The van der Waals surface area contributed by atoms with Crippen LogP contribution in [0.25, 0.3) is 33.7 Å². The molecular weight excluding hydrogens is 407 g/mol. The first-order valence-electron chi connectivity index (χ1n) is 10.7. The highest BCUT2D eigenvalue weighted by atomic mass is 19.1. The van der Waals surface area contributed by atoms with Crippen molar-refractivity contribution in [2.45, 2.75) is 19.8 Å². The standard InChI is InChI=1S/C26H23FN2O3/c1-16-14-19(4-8-22(16)17-2-5-20(27)6-3-17)25-28-23-15-21(7-9-24(23)32-25)29-12-10-18(11-13-29)26(30)31/h2-9,14-15,18H,10-13H2,1H3,(H,30,31). The molecule has 0 atom stereocenters. The number of aliphatic carboxylic acids is 1. The van der Waals surface area contributed by atoms with Gasteiger partial charge in [0, 0.05) is 24.3 Å². The number of aromatic nitrogens is 1. The second kappa shape index (κ2) is 8.11. The SMILES string of the molecule is Cc1cc(-c2nc3cc(N4CCC(C(=O)O)CC4)ccc3o2)ccc1-c1ccc(F)cc1. The Balaban J connectivity index is 1.40. The van der Waals surface area contributed by atoms with Gasteiger partial charge in [0.15, 0.2) is 5.58 Å².